The van der Waals surface area contributed by atoms with E-state index in [1.54, 1.807) is 36.2 Å². The van der Waals surface area contributed by atoms with Crippen molar-refractivity contribution in [2.45, 2.75) is 26.4 Å². The quantitative estimate of drug-likeness (QED) is 0.496. The molecule has 4 aromatic rings. The fraction of sp³-hybridized carbons (Fsp3) is 0.217. The molecule has 7 heteroatoms. The monoisotopic (exact) mass is 405 g/mol. The molecule has 2 aromatic carbocycles. The minimum Gasteiger partial charge on any atom is -0.497 e. The number of halogens is 1. The standard InChI is InChI=1S/C23H24FN5O/c1-16(21-14-27-29(17(21)2)19-8-10-20(30-3)11-9-19)25-12-18-13-26-28(15-18)23-7-5-4-6-22(23)24/h4-11,13-16,25H,12H2,1-3H3/t16-/m1/s1. The molecule has 0 aliphatic rings. The van der Waals surface area contributed by atoms with E-state index in [0.717, 1.165) is 28.3 Å². The highest BCUT2D eigenvalue weighted by Gasteiger charge is 2.15. The maximum atomic E-state index is 14.0. The van der Waals surface area contributed by atoms with Crippen LogP contribution in [0.2, 0.25) is 0 Å². The van der Waals surface area contributed by atoms with Gasteiger partial charge in [0.15, 0.2) is 0 Å². The number of aromatic nitrogens is 4. The molecule has 0 spiro atoms. The van der Waals surface area contributed by atoms with Crippen LogP contribution in [-0.2, 0) is 6.54 Å². The Labute approximate surface area is 174 Å². The van der Waals surface area contributed by atoms with Crippen LogP contribution in [0, 0.1) is 12.7 Å². The second kappa shape index (κ2) is 8.51. The van der Waals surface area contributed by atoms with E-state index in [2.05, 4.69) is 29.4 Å². The summed E-state index contributed by atoms with van der Waals surface area (Å²) in [6, 6.07) is 14.5. The molecule has 1 N–H and O–H groups in total. The Morgan fingerprint density at radius 3 is 2.57 bits per heavy atom. The van der Waals surface area contributed by atoms with Gasteiger partial charge in [-0.2, -0.15) is 10.2 Å². The predicted octanol–water partition coefficient (Wildman–Crippen LogP) is 4.36. The Morgan fingerprint density at radius 1 is 1.07 bits per heavy atom. The molecule has 0 unspecified atom stereocenters. The highest BCUT2D eigenvalue weighted by atomic mass is 19.1. The molecular weight excluding hydrogens is 381 g/mol. The molecule has 0 radical (unpaired) electrons. The Bertz CT molecular complexity index is 1130. The van der Waals surface area contributed by atoms with Crippen molar-refractivity contribution >= 4 is 0 Å². The summed E-state index contributed by atoms with van der Waals surface area (Å²) in [7, 11) is 1.65. The van der Waals surface area contributed by atoms with E-state index in [4.69, 9.17) is 4.74 Å². The van der Waals surface area contributed by atoms with Crippen molar-refractivity contribution in [2.24, 2.45) is 0 Å². The van der Waals surface area contributed by atoms with Gasteiger partial charge in [0.1, 0.15) is 17.3 Å². The lowest BCUT2D eigenvalue weighted by Crippen LogP contribution is -2.18. The summed E-state index contributed by atoms with van der Waals surface area (Å²) in [6.45, 7) is 4.77. The predicted molar refractivity (Wildman–Crippen MR) is 114 cm³/mol. The Balaban J connectivity index is 1.44. The molecule has 0 aliphatic heterocycles. The third kappa shape index (κ3) is 3.97. The lowest BCUT2D eigenvalue weighted by Gasteiger charge is -2.13. The number of benzene rings is 2. The largest absolute Gasteiger partial charge is 0.497 e. The maximum absolute atomic E-state index is 14.0. The van der Waals surface area contributed by atoms with E-state index in [1.165, 1.54) is 6.07 Å². The molecule has 6 nitrogen and oxygen atoms in total. The molecule has 2 heterocycles. The zero-order chi connectivity index (χ0) is 21.1. The van der Waals surface area contributed by atoms with Gasteiger partial charge < -0.3 is 10.1 Å². The number of methoxy groups -OCH3 is 1. The molecule has 2 aromatic heterocycles. The normalized spacial score (nSPS) is 12.1. The Kier molecular flexibility index (Phi) is 5.63. The van der Waals surface area contributed by atoms with E-state index in [-0.39, 0.29) is 11.9 Å². The highest BCUT2D eigenvalue weighted by Crippen LogP contribution is 2.22. The molecule has 0 amide bonds. The third-order valence-electron chi connectivity index (χ3n) is 5.18. The van der Waals surface area contributed by atoms with Crippen LogP contribution in [0.25, 0.3) is 11.4 Å². The SMILES string of the molecule is COc1ccc(-n2ncc([C@@H](C)NCc3cnn(-c4ccccc4F)c3)c2C)cc1. The number of para-hydroxylation sites is 1. The minimum absolute atomic E-state index is 0.0915. The van der Waals surface area contributed by atoms with Crippen LogP contribution in [0.5, 0.6) is 5.75 Å². The van der Waals surface area contributed by atoms with E-state index in [0.29, 0.717) is 12.2 Å². The molecular formula is C23H24FN5O. The molecule has 0 fully saturated rings. The van der Waals surface area contributed by atoms with Crippen LogP contribution in [0.15, 0.2) is 67.1 Å². The summed E-state index contributed by atoms with van der Waals surface area (Å²) in [4.78, 5) is 0. The van der Waals surface area contributed by atoms with Crippen LogP contribution >= 0.6 is 0 Å². The summed E-state index contributed by atoms with van der Waals surface area (Å²) >= 11 is 0. The van der Waals surface area contributed by atoms with Crippen molar-refractivity contribution in [3.8, 4) is 17.1 Å². The van der Waals surface area contributed by atoms with Gasteiger partial charge in [0, 0.05) is 35.6 Å². The van der Waals surface area contributed by atoms with E-state index in [1.807, 2.05) is 41.3 Å². The van der Waals surface area contributed by atoms with Gasteiger partial charge in [-0.3, -0.25) is 0 Å². The number of nitrogens with zero attached hydrogens (tertiary/aromatic N) is 4. The second-order valence-electron chi connectivity index (χ2n) is 7.14. The van der Waals surface area contributed by atoms with Crippen LogP contribution < -0.4 is 10.1 Å². The first kappa shape index (κ1) is 19.8. The van der Waals surface area contributed by atoms with Crippen molar-refractivity contribution in [1.82, 2.24) is 24.9 Å². The third-order valence-corrected chi connectivity index (χ3v) is 5.18. The van der Waals surface area contributed by atoms with E-state index < -0.39 is 0 Å². The molecule has 0 bridgehead atoms. The lowest BCUT2D eigenvalue weighted by molar-refractivity contribution is 0.414. The number of hydrogen-bond donors (Lipinski definition) is 1. The van der Waals surface area contributed by atoms with Gasteiger partial charge in [-0.15, -0.1) is 0 Å². The number of nitrogens with one attached hydrogen (secondary N) is 1. The Morgan fingerprint density at radius 2 is 1.83 bits per heavy atom. The molecule has 1 atom stereocenters. The van der Waals surface area contributed by atoms with Gasteiger partial charge in [0.05, 0.1) is 25.2 Å². The molecule has 4 rings (SSSR count). The molecule has 30 heavy (non-hydrogen) atoms. The fourth-order valence-electron chi connectivity index (χ4n) is 3.43. The van der Waals surface area contributed by atoms with Gasteiger partial charge in [-0.05, 0) is 50.2 Å². The summed E-state index contributed by atoms with van der Waals surface area (Å²) in [5.41, 5.74) is 4.59. The highest BCUT2D eigenvalue weighted by molar-refractivity contribution is 5.39. The van der Waals surface area contributed by atoms with Crippen LogP contribution in [0.4, 0.5) is 4.39 Å². The first-order chi connectivity index (χ1) is 14.6. The smallest absolute Gasteiger partial charge is 0.148 e. The van der Waals surface area contributed by atoms with E-state index >= 15 is 0 Å². The van der Waals surface area contributed by atoms with Gasteiger partial charge in [0.2, 0.25) is 0 Å². The summed E-state index contributed by atoms with van der Waals surface area (Å²) in [6.07, 6.45) is 5.48. The molecule has 154 valence electrons. The van der Waals surface area contributed by atoms with Crippen molar-refractivity contribution in [3.05, 3.63) is 89.8 Å². The van der Waals surface area contributed by atoms with Crippen LogP contribution in [0.1, 0.15) is 29.8 Å². The fourth-order valence-corrected chi connectivity index (χ4v) is 3.43. The average molecular weight is 405 g/mol. The van der Waals surface area contributed by atoms with Gasteiger partial charge in [-0.1, -0.05) is 12.1 Å². The maximum Gasteiger partial charge on any atom is 0.148 e. The van der Waals surface area contributed by atoms with Crippen molar-refractivity contribution < 1.29 is 9.13 Å². The number of hydrogen-bond acceptors (Lipinski definition) is 4. The number of rotatable bonds is 7. The first-order valence-corrected chi connectivity index (χ1v) is 9.77. The van der Waals surface area contributed by atoms with Crippen molar-refractivity contribution in [2.75, 3.05) is 7.11 Å². The summed E-state index contributed by atoms with van der Waals surface area (Å²) < 4.78 is 22.7. The molecule has 0 saturated carbocycles. The zero-order valence-electron chi connectivity index (χ0n) is 17.2. The average Bonchev–Trinajstić information content (AvgIpc) is 3.39. The zero-order valence-corrected chi connectivity index (χ0v) is 17.2. The van der Waals surface area contributed by atoms with Crippen LogP contribution in [0.3, 0.4) is 0 Å². The Hall–Kier alpha value is -3.45. The topological polar surface area (TPSA) is 56.9 Å². The van der Waals surface area contributed by atoms with Crippen molar-refractivity contribution in [1.29, 1.82) is 0 Å². The van der Waals surface area contributed by atoms with Gasteiger partial charge in [-0.25, -0.2) is 13.8 Å². The second-order valence-corrected chi connectivity index (χ2v) is 7.14. The van der Waals surface area contributed by atoms with Gasteiger partial charge in [0.25, 0.3) is 0 Å². The van der Waals surface area contributed by atoms with E-state index in [9.17, 15) is 4.39 Å². The summed E-state index contributed by atoms with van der Waals surface area (Å²) in [5.74, 6) is 0.518. The first-order valence-electron chi connectivity index (χ1n) is 9.77. The molecule has 0 aliphatic carbocycles. The summed E-state index contributed by atoms with van der Waals surface area (Å²) in [5, 5.41) is 12.3. The molecule has 0 saturated heterocycles. The van der Waals surface area contributed by atoms with Crippen molar-refractivity contribution in [3.63, 3.8) is 0 Å². The lowest BCUT2D eigenvalue weighted by atomic mass is 10.1. The minimum atomic E-state index is -0.296. The number of ether oxygens (including phenoxy) is 1. The van der Waals surface area contributed by atoms with Gasteiger partial charge >= 0.3 is 0 Å². The van der Waals surface area contributed by atoms with Crippen LogP contribution in [-0.4, -0.2) is 26.7 Å².